The van der Waals surface area contributed by atoms with Crippen LogP contribution in [0.4, 0.5) is 0 Å². The molecule has 3 aromatic rings. The van der Waals surface area contributed by atoms with Crippen LogP contribution in [-0.2, 0) is 16.0 Å². The lowest BCUT2D eigenvalue weighted by molar-refractivity contribution is -0.125. The minimum Gasteiger partial charge on any atom is -0.370 e. The number of halogens is 2. The van der Waals surface area contributed by atoms with Gasteiger partial charge in [-0.3, -0.25) is 9.59 Å². The second kappa shape index (κ2) is 10.3. The number of carbonyl (C=O) groups is 2. The standard InChI is InChI=1S/C21H27Cl2N7O2/c1-11-13(19-14(22)4-5-15(23)20(19)27-11)8-9-26-21(32)17(6-7-18(24)31)30-10-16(28-29-30)12(2)25-3/h4-5,10,12,17,25,27H,6-9H2,1-3H3,(H2,24,31)(H,26,32). The van der Waals surface area contributed by atoms with Gasteiger partial charge >= 0.3 is 0 Å². The number of carbonyl (C=O) groups excluding carboxylic acids is 2. The number of hydrogen-bond acceptors (Lipinski definition) is 5. The van der Waals surface area contributed by atoms with Crippen LogP contribution in [0.15, 0.2) is 18.3 Å². The van der Waals surface area contributed by atoms with E-state index in [0.29, 0.717) is 28.7 Å². The minimum atomic E-state index is -0.699. The Morgan fingerprint density at radius 1 is 1.28 bits per heavy atom. The third-order valence-electron chi connectivity index (χ3n) is 5.54. The van der Waals surface area contributed by atoms with Gasteiger partial charge in [0.25, 0.3) is 0 Å². The van der Waals surface area contributed by atoms with Gasteiger partial charge in [0.2, 0.25) is 11.8 Å². The summed E-state index contributed by atoms with van der Waals surface area (Å²) in [6, 6.07) is 2.79. The van der Waals surface area contributed by atoms with Crippen molar-refractivity contribution in [3.8, 4) is 0 Å². The van der Waals surface area contributed by atoms with Crippen molar-refractivity contribution in [1.29, 1.82) is 0 Å². The van der Waals surface area contributed by atoms with Crippen molar-refractivity contribution in [3.63, 3.8) is 0 Å². The maximum Gasteiger partial charge on any atom is 0.244 e. The highest BCUT2D eigenvalue weighted by Crippen LogP contribution is 2.34. The van der Waals surface area contributed by atoms with Crippen LogP contribution in [-0.4, -0.2) is 45.4 Å². The topological polar surface area (TPSA) is 131 Å². The molecular formula is C21H27Cl2N7O2. The van der Waals surface area contributed by atoms with E-state index in [1.165, 1.54) is 4.68 Å². The van der Waals surface area contributed by atoms with E-state index in [1.807, 2.05) is 20.9 Å². The first-order valence-electron chi connectivity index (χ1n) is 10.3. The normalized spacial score (nSPS) is 13.3. The molecule has 172 valence electrons. The third-order valence-corrected chi connectivity index (χ3v) is 6.17. The first-order valence-corrected chi connectivity index (χ1v) is 11.1. The van der Waals surface area contributed by atoms with E-state index in [2.05, 4.69) is 25.9 Å². The number of hydrogen-bond donors (Lipinski definition) is 4. The molecule has 0 spiro atoms. The highest BCUT2D eigenvalue weighted by Gasteiger charge is 2.24. The number of nitrogens with two attached hydrogens (primary N) is 1. The Kier molecular flexibility index (Phi) is 7.76. The van der Waals surface area contributed by atoms with Crippen LogP contribution < -0.4 is 16.4 Å². The molecule has 11 heteroatoms. The SMILES string of the molecule is CNC(C)c1cn(C(CCC(N)=O)C(=O)NCCc2c(C)[nH]c3c(Cl)ccc(Cl)c23)nn1. The average molecular weight is 480 g/mol. The van der Waals surface area contributed by atoms with Gasteiger partial charge in [-0.1, -0.05) is 28.4 Å². The number of rotatable bonds is 10. The Bertz CT molecular complexity index is 1120. The molecule has 0 saturated heterocycles. The van der Waals surface area contributed by atoms with Gasteiger partial charge in [-0.15, -0.1) is 5.10 Å². The van der Waals surface area contributed by atoms with Crippen molar-refractivity contribution in [3.05, 3.63) is 45.3 Å². The van der Waals surface area contributed by atoms with Gasteiger partial charge in [-0.05, 0) is 51.4 Å². The molecular weight excluding hydrogens is 453 g/mol. The van der Waals surface area contributed by atoms with E-state index in [-0.39, 0.29) is 24.8 Å². The predicted molar refractivity (Wildman–Crippen MR) is 125 cm³/mol. The Morgan fingerprint density at radius 3 is 2.69 bits per heavy atom. The fourth-order valence-corrected chi connectivity index (χ4v) is 4.09. The van der Waals surface area contributed by atoms with E-state index in [9.17, 15) is 9.59 Å². The van der Waals surface area contributed by atoms with Gasteiger partial charge in [0, 0.05) is 30.1 Å². The summed E-state index contributed by atoms with van der Waals surface area (Å²) in [4.78, 5) is 27.6. The molecule has 2 amide bonds. The number of primary amides is 1. The molecule has 1 aromatic carbocycles. The molecule has 0 bridgehead atoms. The zero-order chi connectivity index (χ0) is 23.4. The Morgan fingerprint density at radius 2 is 2.00 bits per heavy atom. The highest BCUT2D eigenvalue weighted by atomic mass is 35.5. The lowest BCUT2D eigenvalue weighted by Crippen LogP contribution is -2.35. The van der Waals surface area contributed by atoms with Crippen LogP contribution in [0.25, 0.3) is 10.9 Å². The van der Waals surface area contributed by atoms with Crippen molar-refractivity contribution in [1.82, 2.24) is 30.6 Å². The van der Waals surface area contributed by atoms with Gasteiger partial charge in [0.1, 0.15) is 6.04 Å². The van der Waals surface area contributed by atoms with E-state index in [1.54, 1.807) is 18.3 Å². The molecule has 9 nitrogen and oxygen atoms in total. The first kappa shape index (κ1) is 24.0. The number of aromatic amines is 1. The number of nitrogens with one attached hydrogen (secondary N) is 3. The number of nitrogens with zero attached hydrogens (tertiary/aromatic N) is 3. The van der Waals surface area contributed by atoms with Crippen LogP contribution >= 0.6 is 23.2 Å². The Labute approximate surface area is 196 Å². The fraction of sp³-hybridized carbons (Fsp3) is 0.429. The molecule has 0 aliphatic heterocycles. The van der Waals surface area contributed by atoms with Gasteiger partial charge in [-0.25, -0.2) is 4.68 Å². The summed E-state index contributed by atoms with van der Waals surface area (Å²) in [5.74, 6) is -0.742. The van der Waals surface area contributed by atoms with Crippen LogP contribution in [0.1, 0.15) is 48.8 Å². The monoisotopic (exact) mass is 479 g/mol. The molecule has 3 rings (SSSR count). The summed E-state index contributed by atoms with van der Waals surface area (Å²) < 4.78 is 1.48. The summed E-state index contributed by atoms with van der Waals surface area (Å²) in [7, 11) is 1.81. The number of H-pyrrole nitrogens is 1. The van der Waals surface area contributed by atoms with Crippen molar-refractivity contribution in [2.45, 2.75) is 45.2 Å². The lowest BCUT2D eigenvalue weighted by Gasteiger charge is -2.16. The number of fused-ring (bicyclic) bond motifs is 1. The second-order valence-corrected chi connectivity index (χ2v) is 8.52. The first-order chi connectivity index (χ1) is 15.2. The maximum atomic E-state index is 13.0. The summed E-state index contributed by atoms with van der Waals surface area (Å²) in [6.45, 7) is 4.25. The summed E-state index contributed by atoms with van der Waals surface area (Å²) in [5.41, 5.74) is 8.72. The molecule has 0 fully saturated rings. The quantitative estimate of drug-likeness (QED) is 0.355. The molecule has 0 radical (unpaired) electrons. The predicted octanol–water partition coefficient (Wildman–Crippen LogP) is 2.82. The van der Waals surface area contributed by atoms with Crippen molar-refractivity contribution in [2.24, 2.45) is 5.73 Å². The molecule has 2 unspecified atom stereocenters. The summed E-state index contributed by atoms with van der Waals surface area (Å²) in [6.07, 6.45) is 2.55. The number of amides is 2. The lowest BCUT2D eigenvalue weighted by atomic mass is 10.1. The molecule has 5 N–H and O–H groups in total. The largest absolute Gasteiger partial charge is 0.370 e. The number of aryl methyl sites for hydroxylation is 1. The Balaban J connectivity index is 1.74. The van der Waals surface area contributed by atoms with Crippen LogP contribution in [0.5, 0.6) is 0 Å². The minimum absolute atomic E-state index is 0.0231. The highest BCUT2D eigenvalue weighted by molar-refractivity contribution is 6.40. The molecule has 2 atom stereocenters. The molecule has 2 heterocycles. The van der Waals surface area contributed by atoms with E-state index < -0.39 is 11.9 Å². The Hall–Kier alpha value is -2.62. The van der Waals surface area contributed by atoms with E-state index >= 15 is 0 Å². The second-order valence-electron chi connectivity index (χ2n) is 7.70. The number of aromatic nitrogens is 4. The molecule has 32 heavy (non-hydrogen) atoms. The average Bonchev–Trinajstić information content (AvgIpc) is 3.36. The van der Waals surface area contributed by atoms with Gasteiger partial charge in [0.15, 0.2) is 0 Å². The molecule has 2 aromatic heterocycles. The zero-order valence-electron chi connectivity index (χ0n) is 18.2. The number of benzene rings is 1. The molecule has 0 aliphatic rings. The van der Waals surface area contributed by atoms with Crippen LogP contribution in [0.3, 0.4) is 0 Å². The van der Waals surface area contributed by atoms with Gasteiger partial charge < -0.3 is 21.4 Å². The van der Waals surface area contributed by atoms with Crippen LogP contribution in [0.2, 0.25) is 10.0 Å². The molecule has 0 aliphatic carbocycles. The third kappa shape index (κ3) is 5.23. The van der Waals surface area contributed by atoms with E-state index in [0.717, 1.165) is 22.2 Å². The van der Waals surface area contributed by atoms with Crippen LogP contribution in [0, 0.1) is 6.92 Å². The summed E-state index contributed by atoms with van der Waals surface area (Å²) >= 11 is 12.7. The fourth-order valence-electron chi connectivity index (χ4n) is 3.61. The van der Waals surface area contributed by atoms with Crippen molar-refractivity contribution >= 4 is 45.9 Å². The smallest absolute Gasteiger partial charge is 0.244 e. The van der Waals surface area contributed by atoms with Gasteiger partial charge in [0.05, 0.1) is 27.5 Å². The van der Waals surface area contributed by atoms with Crippen molar-refractivity contribution < 1.29 is 9.59 Å². The zero-order valence-corrected chi connectivity index (χ0v) is 19.7. The summed E-state index contributed by atoms with van der Waals surface area (Å²) in [5, 5.41) is 16.3. The maximum absolute atomic E-state index is 13.0. The van der Waals surface area contributed by atoms with Crippen molar-refractivity contribution in [2.75, 3.05) is 13.6 Å². The molecule has 0 saturated carbocycles. The van der Waals surface area contributed by atoms with Gasteiger partial charge in [-0.2, -0.15) is 0 Å². The van der Waals surface area contributed by atoms with E-state index in [4.69, 9.17) is 28.9 Å².